The number of hydrogen-bond donors (Lipinski definition) is 2. The van der Waals surface area contributed by atoms with Crippen molar-refractivity contribution in [1.82, 2.24) is 19.9 Å². The third-order valence-corrected chi connectivity index (χ3v) is 5.18. The number of fused-ring (bicyclic) bond motifs is 2. The molecule has 2 aliphatic heterocycles. The van der Waals surface area contributed by atoms with Gasteiger partial charge in [0.25, 0.3) is 0 Å². The fourth-order valence-electron chi connectivity index (χ4n) is 3.60. The van der Waals surface area contributed by atoms with E-state index in [9.17, 15) is 13.2 Å². The van der Waals surface area contributed by atoms with Crippen LogP contribution in [0.5, 0.6) is 5.75 Å². The first-order chi connectivity index (χ1) is 14.4. The number of halogens is 3. The number of nitrogen functional groups attached to an aromatic ring is 1. The highest BCUT2D eigenvalue weighted by atomic mass is 19.4. The molecule has 0 saturated carbocycles. The van der Waals surface area contributed by atoms with E-state index in [-0.39, 0.29) is 16.9 Å². The van der Waals surface area contributed by atoms with Gasteiger partial charge in [-0.3, -0.25) is 4.90 Å². The molecule has 3 N–H and O–H groups in total. The fraction of sp³-hybridized carbons (Fsp3) is 0.400. The number of morpholine rings is 1. The lowest BCUT2D eigenvalue weighted by atomic mass is 10.0. The van der Waals surface area contributed by atoms with Crippen LogP contribution in [-0.2, 0) is 17.3 Å². The lowest BCUT2D eigenvalue weighted by Crippen LogP contribution is -2.48. The molecular weight excluding hydrogens is 399 g/mol. The Morgan fingerprint density at radius 3 is 2.63 bits per heavy atom. The predicted octanol–water partition coefficient (Wildman–Crippen LogP) is 2.88. The molecule has 160 valence electrons. The number of aromatic amines is 1. The Kier molecular flexibility index (Phi) is 5.78. The monoisotopic (exact) mass is 421 g/mol. The topological polar surface area (TPSA) is 89.3 Å². The molecule has 1 fully saturated rings. The van der Waals surface area contributed by atoms with Crippen LogP contribution in [-0.4, -0.2) is 58.8 Å². The maximum Gasteiger partial charge on any atom is 0.431 e. The molecule has 0 amide bonds. The lowest BCUT2D eigenvalue weighted by Gasteiger charge is -2.37. The molecule has 30 heavy (non-hydrogen) atoms. The molecule has 1 saturated heterocycles. The van der Waals surface area contributed by atoms with E-state index in [1.54, 1.807) is 0 Å². The van der Waals surface area contributed by atoms with E-state index < -0.39 is 11.9 Å². The zero-order valence-corrected chi connectivity index (χ0v) is 16.2. The third-order valence-electron chi connectivity index (χ3n) is 5.18. The Balaban J connectivity index is 0.000000147. The number of aromatic nitrogens is 3. The van der Waals surface area contributed by atoms with Gasteiger partial charge in [0.05, 0.1) is 18.6 Å². The summed E-state index contributed by atoms with van der Waals surface area (Å²) in [5.74, 6) is 1.09. The Morgan fingerprint density at radius 2 is 1.90 bits per heavy atom. The van der Waals surface area contributed by atoms with Gasteiger partial charge in [0, 0.05) is 19.1 Å². The van der Waals surface area contributed by atoms with E-state index in [0.717, 1.165) is 57.5 Å². The quantitative estimate of drug-likeness (QED) is 0.628. The second-order valence-electron chi connectivity index (χ2n) is 7.13. The molecule has 0 radical (unpaired) electrons. The average molecular weight is 421 g/mol. The molecule has 4 heterocycles. The summed E-state index contributed by atoms with van der Waals surface area (Å²) >= 11 is 0. The van der Waals surface area contributed by atoms with Gasteiger partial charge in [0.15, 0.2) is 0 Å². The zero-order chi connectivity index (χ0) is 21.1. The van der Waals surface area contributed by atoms with Crippen LogP contribution in [0.25, 0.3) is 11.0 Å². The van der Waals surface area contributed by atoms with Crippen molar-refractivity contribution in [3.05, 3.63) is 47.9 Å². The summed E-state index contributed by atoms with van der Waals surface area (Å²) in [6, 6.07) is 9.77. The molecule has 1 unspecified atom stereocenters. The predicted molar refractivity (Wildman–Crippen MR) is 105 cm³/mol. The van der Waals surface area contributed by atoms with Crippen LogP contribution in [0.3, 0.4) is 0 Å². The molecular formula is C20H22F3N5O2. The molecule has 1 atom stereocenters. The van der Waals surface area contributed by atoms with Gasteiger partial charge in [0.1, 0.15) is 35.8 Å². The first-order valence-electron chi connectivity index (χ1n) is 9.60. The largest absolute Gasteiger partial charge is 0.492 e. The molecule has 7 nitrogen and oxygen atoms in total. The number of rotatable bonds is 1. The SMILES string of the molecule is Nc1ncnc2[nH]c(C(F)(F)F)cc12.c1ccc2c(c1)CC(N1CCOCC1)CO2. The lowest BCUT2D eigenvalue weighted by molar-refractivity contribution is -0.140. The van der Waals surface area contributed by atoms with Gasteiger partial charge in [-0.15, -0.1) is 0 Å². The highest BCUT2D eigenvalue weighted by molar-refractivity contribution is 5.86. The summed E-state index contributed by atoms with van der Waals surface area (Å²) in [4.78, 5) is 11.8. The number of nitrogens with zero attached hydrogens (tertiary/aromatic N) is 3. The number of hydrogen-bond acceptors (Lipinski definition) is 6. The first-order valence-corrected chi connectivity index (χ1v) is 9.60. The summed E-state index contributed by atoms with van der Waals surface area (Å²) in [6.45, 7) is 4.61. The van der Waals surface area contributed by atoms with E-state index in [2.05, 4.69) is 38.1 Å². The molecule has 5 rings (SSSR count). The van der Waals surface area contributed by atoms with Crippen molar-refractivity contribution in [1.29, 1.82) is 0 Å². The minimum absolute atomic E-state index is 0.0294. The number of H-pyrrole nitrogens is 1. The number of para-hydroxylation sites is 1. The standard InChI is InChI=1S/C13H17NO2.C7H5F3N4/c1-2-4-13-11(3-1)9-12(10-16-13)14-5-7-15-8-6-14;8-7(9,10)4-1-3-5(11)12-2-13-6(3)14-4/h1-4,12H,5-10H2;1-2H,(H3,11,12,13,14). The molecule has 0 bridgehead atoms. The van der Waals surface area contributed by atoms with E-state index in [1.165, 1.54) is 5.56 Å². The highest BCUT2D eigenvalue weighted by Crippen LogP contribution is 2.31. The van der Waals surface area contributed by atoms with Crippen LogP contribution in [0.1, 0.15) is 11.3 Å². The van der Waals surface area contributed by atoms with Gasteiger partial charge in [-0.25, -0.2) is 9.97 Å². The van der Waals surface area contributed by atoms with E-state index in [1.807, 2.05) is 6.07 Å². The van der Waals surface area contributed by atoms with Crippen LogP contribution >= 0.6 is 0 Å². The molecule has 3 aromatic rings. The van der Waals surface area contributed by atoms with Crippen molar-refractivity contribution in [3.63, 3.8) is 0 Å². The normalized spacial score (nSPS) is 19.5. The van der Waals surface area contributed by atoms with Gasteiger partial charge in [-0.2, -0.15) is 13.2 Å². The minimum Gasteiger partial charge on any atom is -0.492 e. The number of anilines is 1. The van der Waals surface area contributed by atoms with Crippen molar-refractivity contribution in [2.45, 2.75) is 18.6 Å². The van der Waals surface area contributed by atoms with Crippen LogP contribution in [0, 0.1) is 0 Å². The summed E-state index contributed by atoms with van der Waals surface area (Å²) in [7, 11) is 0. The molecule has 10 heteroatoms. The number of nitrogens with two attached hydrogens (primary N) is 1. The number of alkyl halides is 3. The van der Waals surface area contributed by atoms with Crippen LogP contribution in [0.2, 0.25) is 0 Å². The summed E-state index contributed by atoms with van der Waals surface area (Å²) in [5, 5.41) is 0.180. The molecule has 2 aliphatic rings. The van der Waals surface area contributed by atoms with Gasteiger partial charge >= 0.3 is 6.18 Å². The Hall–Kier alpha value is -2.85. The van der Waals surface area contributed by atoms with E-state index >= 15 is 0 Å². The number of nitrogens with one attached hydrogen (secondary N) is 1. The van der Waals surface area contributed by atoms with Crippen molar-refractivity contribution in [3.8, 4) is 5.75 Å². The van der Waals surface area contributed by atoms with Gasteiger partial charge in [-0.1, -0.05) is 18.2 Å². The van der Waals surface area contributed by atoms with Gasteiger partial charge < -0.3 is 20.2 Å². The van der Waals surface area contributed by atoms with Crippen molar-refractivity contribution in [2.75, 3.05) is 38.6 Å². The average Bonchev–Trinajstić information content (AvgIpc) is 3.21. The fourth-order valence-corrected chi connectivity index (χ4v) is 3.60. The van der Waals surface area contributed by atoms with E-state index in [4.69, 9.17) is 15.2 Å². The molecule has 0 aliphatic carbocycles. The van der Waals surface area contributed by atoms with Gasteiger partial charge in [0.2, 0.25) is 0 Å². The van der Waals surface area contributed by atoms with Crippen molar-refractivity contribution in [2.24, 2.45) is 0 Å². The zero-order valence-electron chi connectivity index (χ0n) is 16.2. The summed E-state index contributed by atoms with van der Waals surface area (Å²) < 4.78 is 47.9. The van der Waals surface area contributed by atoms with Crippen LogP contribution in [0.15, 0.2) is 36.7 Å². The highest BCUT2D eigenvalue weighted by Gasteiger charge is 2.33. The maximum absolute atomic E-state index is 12.2. The Bertz CT molecular complexity index is 1000. The molecule has 0 spiro atoms. The first kappa shape index (κ1) is 20.4. The van der Waals surface area contributed by atoms with E-state index in [0.29, 0.717) is 6.04 Å². The molecule has 1 aromatic carbocycles. The smallest absolute Gasteiger partial charge is 0.431 e. The molecule has 2 aromatic heterocycles. The summed E-state index contributed by atoms with van der Waals surface area (Å²) in [6.07, 6.45) is -2.21. The third kappa shape index (κ3) is 4.49. The second kappa shape index (κ2) is 8.49. The number of benzene rings is 1. The Morgan fingerprint density at radius 1 is 1.13 bits per heavy atom. The summed E-state index contributed by atoms with van der Waals surface area (Å²) in [5.41, 5.74) is 5.93. The van der Waals surface area contributed by atoms with Gasteiger partial charge in [-0.05, 0) is 24.1 Å². The second-order valence-corrected chi connectivity index (χ2v) is 7.13. The van der Waals surface area contributed by atoms with Crippen molar-refractivity contribution >= 4 is 16.9 Å². The number of ether oxygens (including phenoxy) is 2. The van der Waals surface area contributed by atoms with Crippen molar-refractivity contribution < 1.29 is 22.6 Å². The van der Waals surface area contributed by atoms with Crippen LogP contribution in [0.4, 0.5) is 19.0 Å². The van der Waals surface area contributed by atoms with Crippen LogP contribution < -0.4 is 10.5 Å². The Labute approximate surface area is 171 Å². The maximum atomic E-state index is 12.2. The minimum atomic E-state index is -4.42.